The number of carbonyl (C=O) groups excluding carboxylic acids is 2. The Morgan fingerprint density at radius 3 is 2.07 bits per heavy atom. The Kier molecular flexibility index (Phi) is 5.11. The second-order valence-electron chi connectivity index (χ2n) is 6.22. The van der Waals surface area contributed by atoms with Crippen molar-refractivity contribution in [2.75, 3.05) is 5.32 Å². The van der Waals surface area contributed by atoms with Gasteiger partial charge in [-0.1, -0.05) is 11.3 Å². The highest BCUT2D eigenvalue weighted by molar-refractivity contribution is 7.22. The normalized spacial score (nSPS) is 10.7. The van der Waals surface area contributed by atoms with Crippen molar-refractivity contribution < 1.29 is 23.1 Å². The van der Waals surface area contributed by atoms with Crippen LogP contribution < -0.4 is 15.8 Å². The van der Waals surface area contributed by atoms with Crippen LogP contribution in [0.25, 0.3) is 10.2 Å². The lowest BCUT2D eigenvalue weighted by Gasteiger charge is -2.07. The number of hydrogen-bond acceptors (Lipinski definition) is 5. The summed E-state index contributed by atoms with van der Waals surface area (Å²) in [6.07, 6.45) is 0. The fraction of sp³-hybridized carbons (Fsp3) is 0. The van der Waals surface area contributed by atoms with E-state index in [1.54, 1.807) is 48.5 Å². The minimum atomic E-state index is -0.995. The number of thiazole rings is 1. The summed E-state index contributed by atoms with van der Waals surface area (Å²) in [5, 5.41) is 2.84. The molecule has 0 atom stereocenters. The van der Waals surface area contributed by atoms with Gasteiger partial charge < -0.3 is 10.5 Å². The zero-order valence-corrected chi connectivity index (χ0v) is 16.0. The number of nitrogens with one attached hydrogen (secondary N) is 1. The van der Waals surface area contributed by atoms with Crippen LogP contribution in [0.1, 0.15) is 20.7 Å². The summed E-state index contributed by atoms with van der Waals surface area (Å²) in [6, 6.07) is 14.7. The van der Waals surface area contributed by atoms with Gasteiger partial charge >= 0.3 is 0 Å². The smallest absolute Gasteiger partial charge is 0.257 e. The molecule has 0 aliphatic heterocycles. The van der Waals surface area contributed by atoms with Crippen molar-refractivity contribution in [1.29, 1.82) is 0 Å². The van der Waals surface area contributed by atoms with Gasteiger partial charge in [-0.3, -0.25) is 14.9 Å². The van der Waals surface area contributed by atoms with E-state index in [2.05, 4.69) is 10.3 Å². The maximum Gasteiger partial charge on any atom is 0.257 e. The Morgan fingerprint density at radius 2 is 1.47 bits per heavy atom. The van der Waals surface area contributed by atoms with E-state index in [1.165, 1.54) is 0 Å². The summed E-state index contributed by atoms with van der Waals surface area (Å²) in [7, 11) is 0. The molecule has 0 radical (unpaired) electrons. The molecule has 3 aromatic carbocycles. The fourth-order valence-electron chi connectivity index (χ4n) is 2.64. The van der Waals surface area contributed by atoms with Crippen molar-refractivity contribution >= 4 is 38.5 Å². The molecule has 4 aromatic rings. The zero-order valence-electron chi connectivity index (χ0n) is 15.2. The number of ether oxygens (including phenoxy) is 1. The largest absolute Gasteiger partial charge is 0.457 e. The fourth-order valence-corrected chi connectivity index (χ4v) is 3.51. The van der Waals surface area contributed by atoms with E-state index in [1.807, 2.05) is 0 Å². The number of rotatable bonds is 5. The molecule has 9 heteroatoms. The van der Waals surface area contributed by atoms with Crippen molar-refractivity contribution in [2.24, 2.45) is 5.73 Å². The number of fused-ring (bicyclic) bond motifs is 1. The average molecular weight is 425 g/mol. The van der Waals surface area contributed by atoms with Crippen molar-refractivity contribution in [2.45, 2.75) is 0 Å². The Labute approximate surface area is 172 Å². The third-order valence-electron chi connectivity index (χ3n) is 4.14. The van der Waals surface area contributed by atoms with Crippen LogP contribution in [0.15, 0.2) is 60.7 Å². The molecule has 6 nitrogen and oxygen atoms in total. The first-order valence-electron chi connectivity index (χ1n) is 8.64. The second kappa shape index (κ2) is 7.88. The molecule has 0 saturated heterocycles. The van der Waals surface area contributed by atoms with E-state index in [-0.39, 0.29) is 10.6 Å². The number of aromatic nitrogens is 1. The van der Waals surface area contributed by atoms with E-state index in [9.17, 15) is 18.4 Å². The topological polar surface area (TPSA) is 94.3 Å². The van der Waals surface area contributed by atoms with Gasteiger partial charge in [0.15, 0.2) is 16.8 Å². The molecule has 0 saturated carbocycles. The van der Waals surface area contributed by atoms with Crippen LogP contribution in [-0.2, 0) is 0 Å². The molecule has 0 fully saturated rings. The number of primary amides is 1. The maximum absolute atomic E-state index is 13.3. The molecule has 1 heterocycles. The molecule has 3 N–H and O–H groups in total. The van der Waals surface area contributed by atoms with Crippen LogP contribution in [0.4, 0.5) is 13.9 Å². The number of hydrogen-bond donors (Lipinski definition) is 2. The highest BCUT2D eigenvalue weighted by atomic mass is 32.1. The van der Waals surface area contributed by atoms with Crippen molar-refractivity contribution in [1.82, 2.24) is 4.98 Å². The Morgan fingerprint density at radius 1 is 0.900 bits per heavy atom. The lowest BCUT2D eigenvalue weighted by molar-refractivity contribution is 0.0997. The number of benzene rings is 3. The van der Waals surface area contributed by atoms with Gasteiger partial charge in [-0.2, -0.15) is 0 Å². The third-order valence-corrected chi connectivity index (χ3v) is 5.08. The predicted molar refractivity (Wildman–Crippen MR) is 109 cm³/mol. The quantitative estimate of drug-likeness (QED) is 0.484. The first-order valence-corrected chi connectivity index (χ1v) is 9.45. The average Bonchev–Trinajstić information content (AvgIpc) is 3.10. The van der Waals surface area contributed by atoms with Gasteiger partial charge in [-0.05, 0) is 54.6 Å². The summed E-state index contributed by atoms with van der Waals surface area (Å²) in [6.45, 7) is 0. The maximum atomic E-state index is 13.3. The summed E-state index contributed by atoms with van der Waals surface area (Å²) in [5.41, 5.74) is 6.18. The van der Waals surface area contributed by atoms with Crippen LogP contribution >= 0.6 is 11.3 Å². The number of anilines is 1. The van der Waals surface area contributed by atoms with E-state index >= 15 is 0 Å². The van der Waals surface area contributed by atoms with E-state index in [0.717, 1.165) is 23.5 Å². The summed E-state index contributed by atoms with van der Waals surface area (Å²) < 4.78 is 32.7. The van der Waals surface area contributed by atoms with Crippen molar-refractivity contribution in [3.8, 4) is 11.5 Å². The van der Waals surface area contributed by atoms with Crippen LogP contribution in [-0.4, -0.2) is 16.8 Å². The van der Waals surface area contributed by atoms with Gasteiger partial charge in [0, 0.05) is 17.2 Å². The first kappa shape index (κ1) is 19.5. The Hall–Kier alpha value is -3.85. The van der Waals surface area contributed by atoms with Crippen molar-refractivity contribution in [3.05, 3.63) is 83.4 Å². The minimum Gasteiger partial charge on any atom is -0.457 e. The molecule has 0 spiro atoms. The molecule has 0 unspecified atom stereocenters. The Bertz CT molecular complexity index is 1220. The molecule has 4 rings (SSSR count). The minimum absolute atomic E-state index is 0.231. The number of nitrogens with two attached hydrogens (primary N) is 1. The molecule has 0 aliphatic rings. The van der Waals surface area contributed by atoms with Crippen LogP contribution in [0, 0.1) is 11.6 Å². The highest BCUT2D eigenvalue weighted by Crippen LogP contribution is 2.28. The van der Waals surface area contributed by atoms with Crippen molar-refractivity contribution in [3.63, 3.8) is 0 Å². The number of nitrogens with zero attached hydrogens (tertiary/aromatic N) is 1. The molecular formula is C21H13F2N3O3S. The standard InChI is InChI=1S/C21H13F2N3O3S/c22-15-9-17-18(10-16(15)23)30-21(25-17)26-20(28)12-3-7-14(8-4-12)29-13-5-1-11(2-6-13)19(24)27/h1-10H,(H2,24,27)(H,25,26,28). The molecule has 0 bridgehead atoms. The lowest BCUT2D eigenvalue weighted by atomic mass is 10.2. The highest BCUT2D eigenvalue weighted by Gasteiger charge is 2.13. The van der Waals surface area contributed by atoms with Gasteiger partial charge in [0.1, 0.15) is 11.5 Å². The van der Waals surface area contributed by atoms with Crippen LogP contribution in [0.5, 0.6) is 11.5 Å². The SMILES string of the molecule is NC(=O)c1ccc(Oc2ccc(C(=O)Nc3nc4cc(F)c(F)cc4s3)cc2)cc1. The summed E-state index contributed by atoms with van der Waals surface area (Å²) in [5.74, 6) is -1.92. The molecule has 0 aliphatic carbocycles. The molecular weight excluding hydrogens is 412 g/mol. The van der Waals surface area contributed by atoms with Crippen LogP contribution in [0.2, 0.25) is 0 Å². The van der Waals surface area contributed by atoms with E-state index in [0.29, 0.717) is 27.3 Å². The molecule has 150 valence electrons. The third kappa shape index (κ3) is 4.11. The van der Waals surface area contributed by atoms with E-state index < -0.39 is 23.4 Å². The van der Waals surface area contributed by atoms with Gasteiger partial charge in [0.25, 0.3) is 5.91 Å². The number of halogens is 2. The second-order valence-corrected chi connectivity index (χ2v) is 7.25. The van der Waals surface area contributed by atoms with Gasteiger partial charge in [-0.25, -0.2) is 13.8 Å². The number of amides is 2. The van der Waals surface area contributed by atoms with Gasteiger partial charge in [-0.15, -0.1) is 0 Å². The molecule has 2 amide bonds. The number of carbonyl (C=O) groups is 2. The van der Waals surface area contributed by atoms with Crippen LogP contribution in [0.3, 0.4) is 0 Å². The molecule has 1 aromatic heterocycles. The summed E-state index contributed by atoms with van der Waals surface area (Å²) >= 11 is 1.04. The summed E-state index contributed by atoms with van der Waals surface area (Å²) in [4.78, 5) is 27.6. The zero-order chi connectivity index (χ0) is 21.3. The van der Waals surface area contributed by atoms with Gasteiger partial charge in [0.05, 0.1) is 10.2 Å². The first-order chi connectivity index (χ1) is 14.4. The predicted octanol–water partition coefficient (Wildman–Crippen LogP) is 4.72. The van der Waals surface area contributed by atoms with E-state index in [4.69, 9.17) is 10.5 Å². The monoisotopic (exact) mass is 425 g/mol. The molecule has 30 heavy (non-hydrogen) atoms. The Balaban J connectivity index is 1.44. The lowest BCUT2D eigenvalue weighted by Crippen LogP contribution is -2.11. The van der Waals surface area contributed by atoms with Gasteiger partial charge in [0.2, 0.25) is 5.91 Å².